The van der Waals surface area contributed by atoms with Gasteiger partial charge < -0.3 is 5.11 Å². The van der Waals surface area contributed by atoms with Crippen LogP contribution < -0.4 is 4.72 Å². The fourth-order valence-corrected chi connectivity index (χ4v) is 2.02. The molecule has 0 radical (unpaired) electrons. The van der Waals surface area contributed by atoms with Gasteiger partial charge >= 0.3 is 0 Å². The quantitative estimate of drug-likeness (QED) is 0.587. The number of nitroso groups, excluding NO2 is 1. The summed E-state index contributed by atoms with van der Waals surface area (Å²) < 4.78 is 68.5. The van der Waals surface area contributed by atoms with Crippen LogP contribution >= 0.6 is 0 Å². The third kappa shape index (κ3) is 5.14. The van der Waals surface area contributed by atoms with Crippen molar-refractivity contribution in [2.24, 2.45) is 5.29 Å². The molecule has 0 aliphatic rings. The minimum absolute atomic E-state index is 0.215. The monoisotopic (exact) mass is 307 g/mol. The molecular weight excluding hydrogens is 282 g/mol. The summed E-state index contributed by atoms with van der Waals surface area (Å²) in [5, 5.41) is 12.9. The molecule has 0 heterocycles. The Balaban J connectivity index is 2.99. The molecule has 1 aromatic carbocycles. The summed E-state index contributed by atoms with van der Waals surface area (Å²) >= 11 is 0. The highest BCUT2D eigenvalue weighted by Crippen LogP contribution is 2.19. The SMILES string of the molecule is [2H]C([2H])([2H])C(N(CC(O)c1ccc(NS(C)(=O)=O)cc1)N=O)C([2H])([2H])[2H]. The predicted octanol–water partition coefficient (Wildman–Crippen LogP) is 1.48. The molecule has 0 aromatic heterocycles. The van der Waals surface area contributed by atoms with Crippen molar-refractivity contribution in [3.05, 3.63) is 34.7 Å². The normalized spacial score (nSPS) is 18.8. The number of aliphatic hydroxyl groups excluding tert-OH is 1. The first kappa shape index (κ1) is 9.30. The third-order valence-electron chi connectivity index (χ3n) is 2.36. The Labute approximate surface area is 127 Å². The van der Waals surface area contributed by atoms with E-state index in [0.29, 0.717) is 0 Å². The number of hydrogen-bond donors (Lipinski definition) is 2. The van der Waals surface area contributed by atoms with E-state index in [1.165, 1.54) is 24.3 Å². The lowest BCUT2D eigenvalue weighted by atomic mass is 10.1. The molecule has 1 aromatic rings. The molecule has 1 rings (SSSR count). The number of rotatable bonds is 7. The minimum Gasteiger partial charge on any atom is -0.386 e. The highest BCUT2D eigenvalue weighted by molar-refractivity contribution is 7.92. The van der Waals surface area contributed by atoms with Crippen LogP contribution in [-0.2, 0) is 10.0 Å². The van der Waals surface area contributed by atoms with Crippen molar-refractivity contribution >= 4 is 15.7 Å². The van der Waals surface area contributed by atoms with Crippen LogP contribution in [0.3, 0.4) is 0 Å². The number of anilines is 1. The summed E-state index contributed by atoms with van der Waals surface area (Å²) in [6.45, 7) is -6.71. The van der Waals surface area contributed by atoms with Gasteiger partial charge in [-0.2, -0.15) is 0 Å². The smallest absolute Gasteiger partial charge is 0.229 e. The largest absolute Gasteiger partial charge is 0.386 e. The van der Waals surface area contributed by atoms with Crippen LogP contribution in [0.2, 0.25) is 0 Å². The van der Waals surface area contributed by atoms with Crippen LogP contribution in [0.25, 0.3) is 0 Å². The first-order valence-electron chi connectivity index (χ1n) is 8.51. The van der Waals surface area contributed by atoms with Crippen LogP contribution in [0.15, 0.2) is 29.6 Å². The standard InChI is InChI=1S/C12H19N3O4S/c1-9(2)15(14-17)8-12(16)10-4-6-11(7-5-10)13-20(3,18)19/h4-7,9,12-13,16H,8H2,1-3H3/i1D3,2D3. The fraction of sp³-hybridized carbons (Fsp3) is 0.500. The summed E-state index contributed by atoms with van der Waals surface area (Å²) in [4.78, 5) is 11.0. The zero-order chi connectivity index (χ0) is 20.3. The molecule has 112 valence electrons. The molecule has 0 saturated carbocycles. The number of hydrogen-bond acceptors (Lipinski definition) is 5. The summed E-state index contributed by atoms with van der Waals surface area (Å²) in [6, 6.07) is 3.22. The summed E-state index contributed by atoms with van der Waals surface area (Å²) in [5.74, 6) is 0. The maximum atomic E-state index is 11.1. The second-order valence-electron chi connectivity index (χ2n) is 4.12. The Kier molecular flexibility index (Phi) is 3.10. The molecule has 20 heavy (non-hydrogen) atoms. The van der Waals surface area contributed by atoms with Crippen molar-refractivity contribution in [3.63, 3.8) is 0 Å². The summed E-state index contributed by atoms with van der Waals surface area (Å²) in [6.07, 6.45) is -0.458. The van der Waals surface area contributed by atoms with Crippen molar-refractivity contribution in [1.29, 1.82) is 0 Å². The van der Waals surface area contributed by atoms with Gasteiger partial charge in [0, 0.05) is 20.0 Å². The van der Waals surface area contributed by atoms with Crippen molar-refractivity contribution in [1.82, 2.24) is 5.01 Å². The van der Waals surface area contributed by atoms with Crippen LogP contribution in [0.5, 0.6) is 0 Å². The van der Waals surface area contributed by atoms with E-state index in [4.69, 9.17) is 8.22 Å². The molecule has 2 N–H and O–H groups in total. The zero-order valence-electron chi connectivity index (χ0n) is 16.6. The van der Waals surface area contributed by atoms with Gasteiger partial charge in [-0.1, -0.05) is 12.1 Å². The van der Waals surface area contributed by atoms with Gasteiger partial charge in [0.25, 0.3) is 0 Å². The van der Waals surface area contributed by atoms with E-state index in [1.807, 2.05) is 0 Å². The predicted molar refractivity (Wildman–Crippen MR) is 77.5 cm³/mol. The average Bonchev–Trinajstić information content (AvgIpc) is 2.42. The zero-order valence-corrected chi connectivity index (χ0v) is 11.5. The van der Waals surface area contributed by atoms with Crippen molar-refractivity contribution in [2.45, 2.75) is 25.8 Å². The average molecular weight is 307 g/mol. The third-order valence-corrected chi connectivity index (χ3v) is 2.97. The van der Waals surface area contributed by atoms with E-state index in [9.17, 15) is 18.4 Å². The molecule has 0 saturated heterocycles. The van der Waals surface area contributed by atoms with Gasteiger partial charge in [-0.3, -0.25) is 9.73 Å². The number of nitrogens with zero attached hydrogens (tertiary/aromatic N) is 2. The van der Waals surface area contributed by atoms with E-state index in [1.54, 1.807) is 0 Å². The van der Waals surface area contributed by atoms with Gasteiger partial charge in [-0.15, -0.1) is 4.91 Å². The van der Waals surface area contributed by atoms with Crippen LogP contribution in [0.4, 0.5) is 5.69 Å². The Bertz CT molecular complexity index is 706. The van der Waals surface area contributed by atoms with E-state index in [0.717, 1.165) is 6.26 Å². The van der Waals surface area contributed by atoms with Crippen LogP contribution in [0, 0.1) is 4.91 Å². The maximum Gasteiger partial charge on any atom is 0.229 e. The van der Waals surface area contributed by atoms with Gasteiger partial charge in [0.2, 0.25) is 10.0 Å². The van der Waals surface area contributed by atoms with Gasteiger partial charge in [-0.25, -0.2) is 8.42 Å². The molecule has 1 unspecified atom stereocenters. The van der Waals surface area contributed by atoms with Crippen molar-refractivity contribution in [3.8, 4) is 0 Å². The molecule has 8 heteroatoms. The lowest BCUT2D eigenvalue weighted by molar-refractivity contribution is 0.0966. The Morgan fingerprint density at radius 3 is 2.45 bits per heavy atom. The van der Waals surface area contributed by atoms with E-state index in [-0.39, 0.29) is 16.3 Å². The summed E-state index contributed by atoms with van der Waals surface area (Å²) in [5.41, 5.74) is 0.448. The van der Waals surface area contributed by atoms with Gasteiger partial charge in [-0.05, 0) is 31.4 Å². The van der Waals surface area contributed by atoms with Gasteiger partial charge in [0.15, 0.2) is 0 Å². The van der Waals surface area contributed by atoms with Crippen LogP contribution in [-0.4, -0.2) is 37.4 Å². The number of benzene rings is 1. The Hall–Kier alpha value is -1.67. The minimum atomic E-state index is -3.48. The Morgan fingerprint density at radius 1 is 1.40 bits per heavy atom. The molecule has 0 spiro atoms. The second kappa shape index (κ2) is 6.67. The summed E-state index contributed by atoms with van der Waals surface area (Å²) in [7, 11) is -3.48. The highest BCUT2D eigenvalue weighted by atomic mass is 32.2. The van der Waals surface area contributed by atoms with E-state index < -0.39 is 42.4 Å². The maximum absolute atomic E-state index is 11.1. The molecule has 0 amide bonds. The molecule has 0 bridgehead atoms. The molecular formula is C12H19N3O4S. The molecule has 1 atom stereocenters. The molecule has 0 aliphatic carbocycles. The molecule has 0 aliphatic heterocycles. The van der Waals surface area contributed by atoms with Crippen LogP contribution in [0.1, 0.15) is 33.6 Å². The van der Waals surface area contributed by atoms with Gasteiger partial charge in [0.1, 0.15) is 0 Å². The van der Waals surface area contributed by atoms with E-state index in [2.05, 4.69) is 10.0 Å². The number of nitrogens with one attached hydrogen (secondary N) is 1. The highest BCUT2D eigenvalue weighted by Gasteiger charge is 2.15. The van der Waals surface area contributed by atoms with Gasteiger partial charge in [0.05, 0.1) is 24.2 Å². The lowest BCUT2D eigenvalue weighted by Gasteiger charge is -2.22. The van der Waals surface area contributed by atoms with E-state index >= 15 is 0 Å². The molecule has 7 nitrogen and oxygen atoms in total. The lowest BCUT2D eigenvalue weighted by Crippen LogP contribution is -2.29. The van der Waals surface area contributed by atoms with Crippen molar-refractivity contribution in [2.75, 3.05) is 17.5 Å². The topological polar surface area (TPSA) is 99.1 Å². The number of aliphatic hydroxyl groups is 1. The first-order chi connectivity index (χ1) is 11.6. The number of sulfonamides is 1. The fourth-order valence-electron chi connectivity index (χ4n) is 1.46. The molecule has 0 fully saturated rings. The van der Waals surface area contributed by atoms with Crippen molar-refractivity contribution < 1.29 is 21.7 Å². The first-order valence-corrected chi connectivity index (χ1v) is 7.40. The second-order valence-corrected chi connectivity index (χ2v) is 5.87. The Morgan fingerprint density at radius 2 is 2.00 bits per heavy atom.